The normalized spacial score (nSPS) is 24.2. The Balaban J connectivity index is 0.00000169. The SMILES string of the molecule is Cl.FC(F)(F)C(F)(F)C1CNCCO1. The molecule has 0 bridgehead atoms. The zero-order chi connectivity index (χ0) is 10.1. The van der Waals surface area contributed by atoms with Crippen molar-refractivity contribution in [1.82, 2.24) is 5.32 Å². The zero-order valence-corrected chi connectivity index (χ0v) is 7.72. The third-order valence-electron chi connectivity index (χ3n) is 1.71. The van der Waals surface area contributed by atoms with Gasteiger partial charge in [-0.1, -0.05) is 0 Å². The number of nitrogens with one attached hydrogen (secondary N) is 1. The lowest BCUT2D eigenvalue weighted by molar-refractivity contribution is -0.320. The van der Waals surface area contributed by atoms with Gasteiger partial charge in [-0.15, -0.1) is 12.4 Å². The predicted octanol–water partition coefficient (Wildman–Crippen LogP) is 1.59. The monoisotopic (exact) mass is 241 g/mol. The van der Waals surface area contributed by atoms with E-state index in [2.05, 4.69) is 10.1 Å². The fourth-order valence-corrected chi connectivity index (χ4v) is 0.981. The maximum absolute atomic E-state index is 12.5. The van der Waals surface area contributed by atoms with E-state index < -0.39 is 24.7 Å². The van der Waals surface area contributed by atoms with Crippen molar-refractivity contribution < 1.29 is 26.7 Å². The van der Waals surface area contributed by atoms with Crippen molar-refractivity contribution >= 4 is 12.4 Å². The first kappa shape index (κ1) is 13.9. The summed E-state index contributed by atoms with van der Waals surface area (Å²) in [5.74, 6) is -4.78. The number of morpholine rings is 1. The number of alkyl halides is 5. The number of rotatable bonds is 1. The molecule has 2 nitrogen and oxygen atoms in total. The molecular formula is C6H9ClF5NO. The van der Waals surface area contributed by atoms with Gasteiger partial charge in [0.05, 0.1) is 6.61 Å². The average Bonchev–Trinajstić information content (AvgIpc) is 2.04. The Morgan fingerprint density at radius 2 is 1.71 bits per heavy atom. The molecule has 1 N–H and O–H groups in total. The number of hydrogen-bond acceptors (Lipinski definition) is 2. The van der Waals surface area contributed by atoms with Gasteiger partial charge < -0.3 is 10.1 Å². The van der Waals surface area contributed by atoms with Gasteiger partial charge >= 0.3 is 12.1 Å². The van der Waals surface area contributed by atoms with E-state index in [-0.39, 0.29) is 19.0 Å². The lowest BCUT2D eigenvalue weighted by atomic mass is 10.1. The van der Waals surface area contributed by atoms with Crippen LogP contribution in [0.15, 0.2) is 0 Å². The first-order valence-electron chi connectivity index (χ1n) is 3.62. The van der Waals surface area contributed by atoms with Gasteiger partial charge in [-0.25, -0.2) is 0 Å². The van der Waals surface area contributed by atoms with Crippen molar-refractivity contribution in [3.8, 4) is 0 Å². The van der Waals surface area contributed by atoms with Gasteiger partial charge in [-0.3, -0.25) is 0 Å². The molecule has 0 amide bonds. The van der Waals surface area contributed by atoms with Crippen LogP contribution in [0, 0.1) is 0 Å². The standard InChI is InChI=1S/C6H8F5NO.ClH/c7-5(8,6(9,10)11)4-3-12-1-2-13-4;/h4,12H,1-3H2;1H. The summed E-state index contributed by atoms with van der Waals surface area (Å²) >= 11 is 0. The number of hydrogen-bond donors (Lipinski definition) is 1. The molecular weight excluding hydrogens is 233 g/mol. The zero-order valence-electron chi connectivity index (χ0n) is 6.90. The summed E-state index contributed by atoms with van der Waals surface area (Å²) in [5, 5.41) is 2.41. The third-order valence-corrected chi connectivity index (χ3v) is 1.71. The minimum atomic E-state index is -5.54. The van der Waals surface area contributed by atoms with Crippen molar-refractivity contribution in [2.75, 3.05) is 19.7 Å². The molecule has 1 atom stereocenters. The minimum absolute atomic E-state index is 0. The third kappa shape index (κ3) is 2.68. The van der Waals surface area contributed by atoms with Crippen LogP contribution in [0.2, 0.25) is 0 Å². The van der Waals surface area contributed by atoms with Crippen LogP contribution in [0.3, 0.4) is 0 Å². The van der Waals surface area contributed by atoms with Crippen LogP contribution in [-0.4, -0.2) is 37.9 Å². The Morgan fingerprint density at radius 3 is 2.07 bits per heavy atom. The molecule has 1 unspecified atom stereocenters. The summed E-state index contributed by atoms with van der Waals surface area (Å²) in [7, 11) is 0. The topological polar surface area (TPSA) is 21.3 Å². The summed E-state index contributed by atoms with van der Waals surface area (Å²) in [6, 6.07) is 0. The van der Waals surface area contributed by atoms with Gasteiger partial charge in [0, 0.05) is 13.1 Å². The molecule has 86 valence electrons. The first-order chi connectivity index (χ1) is 5.86. The maximum atomic E-state index is 12.5. The molecule has 1 rings (SSSR count). The molecule has 1 aliphatic heterocycles. The van der Waals surface area contributed by atoms with Gasteiger partial charge in [-0.2, -0.15) is 22.0 Å². The van der Waals surface area contributed by atoms with Gasteiger partial charge in [0.25, 0.3) is 0 Å². The molecule has 0 aromatic heterocycles. The van der Waals surface area contributed by atoms with E-state index in [1.54, 1.807) is 0 Å². The van der Waals surface area contributed by atoms with Crippen LogP contribution in [0.1, 0.15) is 0 Å². The molecule has 0 saturated carbocycles. The first-order valence-corrected chi connectivity index (χ1v) is 3.62. The van der Waals surface area contributed by atoms with Crippen LogP contribution in [0.4, 0.5) is 22.0 Å². The quantitative estimate of drug-likeness (QED) is 0.704. The van der Waals surface area contributed by atoms with Crippen molar-refractivity contribution in [2.24, 2.45) is 0 Å². The molecule has 0 aromatic rings. The molecule has 0 aromatic carbocycles. The molecule has 0 aliphatic carbocycles. The molecule has 1 aliphatic rings. The molecule has 0 spiro atoms. The van der Waals surface area contributed by atoms with Crippen molar-refractivity contribution in [3.63, 3.8) is 0 Å². The highest BCUT2D eigenvalue weighted by molar-refractivity contribution is 5.85. The van der Waals surface area contributed by atoms with Crippen molar-refractivity contribution in [2.45, 2.75) is 18.2 Å². The largest absolute Gasteiger partial charge is 0.456 e. The predicted molar refractivity (Wildman–Crippen MR) is 40.9 cm³/mol. The van der Waals surface area contributed by atoms with E-state index in [0.717, 1.165) is 0 Å². The molecule has 1 heterocycles. The van der Waals surface area contributed by atoms with E-state index >= 15 is 0 Å². The highest BCUT2D eigenvalue weighted by Crippen LogP contribution is 2.39. The summed E-state index contributed by atoms with van der Waals surface area (Å²) in [5.41, 5.74) is 0. The van der Waals surface area contributed by atoms with Gasteiger partial charge in [0.1, 0.15) is 6.10 Å². The van der Waals surface area contributed by atoms with Crippen molar-refractivity contribution in [3.05, 3.63) is 0 Å². The van der Waals surface area contributed by atoms with Crippen LogP contribution in [0.25, 0.3) is 0 Å². The van der Waals surface area contributed by atoms with Gasteiger partial charge in [0.2, 0.25) is 0 Å². The van der Waals surface area contributed by atoms with Gasteiger partial charge in [0.15, 0.2) is 0 Å². The Morgan fingerprint density at radius 1 is 1.14 bits per heavy atom. The Hall–Kier alpha value is -0.140. The van der Waals surface area contributed by atoms with E-state index in [0.29, 0.717) is 6.54 Å². The summed E-state index contributed by atoms with van der Waals surface area (Å²) in [6.07, 6.45) is -7.65. The second-order valence-corrected chi connectivity index (χ2v) is 2.68. The fraction of sp³-hybridized carbons (Fsp3) is 1.00. The van der Waals surface area contributed by atoms with Crippen molar-refractivity contribution in [1.29, 1.82) is 0 Å². The van der Waals surface area contributed by atoms with Gasteiger partial charge in [-0.05, 0) is 0 Å². The summed E-state index contributed by atoms with van der Waals surface area (Å²) in [4.78, 5) is 0. The van der Waals surface area contributed by atoms with Crippen LogP contribution < -0.4 is 5.32 Å². The number of halogens is 6. The Bertz CT molecular complexity index is 180. The highest BCUT2D eigenvalue weighted by atomic mass is 35.5. The van der Waals surface area contributed by atoms with E-state index in [9.17, 15) is 22.0 Å². The Labute approximate surface area is 83.2 Å². The smallest absolute Gasteiger partial charge is 0.369 e. The molecule has 1 fully saturated rings. The molecule has 8 heteroatoms. The second kappa shape index (κ2) is 4.59. The molecule has 1 saturated heterocycles. The number of ether oxygens (including phenoxy) is 1. The van der Waals surface area contributed by atoms with Crippen LogP contribution in [-0.2, 0) is 4.74 Å². The summed E-state index contributed by atoms with van der Waals surface area (Å²) < 4.78 is 64.7. The van der Waals surface area contributed by atoms with E-state index in [1.165, 1.54) is 0 Å². The minimum Gasteiger partial charge on any atom is -0.369 e. The highest BCUT2D eigenvalue weighted by Gasteiger charge is 2.63. The van der Waals surface area contributed by atoms with E-state index in [1.807, 2.05) is 0 Å². The molecule has 14 heavy (non-hydrogen) atoms. The van der Waals surface area contributed by atoms with Crippen LogP contribution >= 0.6 is 12.4 Å². The lowest BCUT2D eigenvalue weighted by Gasteiger charge is -2.31. The lowest BCUT2D eigenvalue weighted by Crippen LogP contribution is -2.55. The maximum Gasteiger partial charge on any atom is 0.456 e. The van der Waals surface area contributed by atoms with Crippen LogP contribution in [0.5, 0.6) is 0 Å². The Kier molecular flexibility index (Phi) is 4.54. The fourth-order valence-electron chi connectivity index (χ4n) is 0.981. The molecule has 0 radical (unpaired) electrons. The second-order valence-electron chi connectivity index (χ2n) is 2.68. The summed E-state index contributed by atoms with van der Waals surface area (Å²) in [6.45, 7) is -0.312. The van der Waals surface area contributed by atoms with E-state index in [4.69, 9.17) is 0 Å². The average molecular weight is 242 g/mol.